The summed E-state index contributed by atoms with van der Waals surface area (Å²) in [6, 6.07) is 13.1. The Balaban J connectivity index is 1.91. The van der Waals surface area contributed by atoms with Gasteiger partial charge in [0.05, 0.1) is 23.2 Å². The van der Waals surface area contributed by atoms with Crippen LogP contribution in [-0.4, -0.2) is 23.2 Å². The summed E-state index contributed by atoms with van der Waals surface area (Å²) in [4.78, 5) is 0.469. The second-order valence-corrected chi connectivity index (χ2v) is 5.81. The molecule has 0 spiro atoms. The van der Waals surface area contributed by atoms with E-state index in [0.29, 0.717) is 28.8 Å². The second kappa shape index (κ2) is 7.78. The highest BCUT2D eigenvalue weighted by atomic mass is 32.2. The SMILES string of the molecule is CCOc1ccccc1OCCS(=O)c1cccc(F)c1. The summed E-state index contributed by atoms with van der Waals surface area (Å²) in [5.74, 6) is 1.19. The zero-order chi connectivity index (χ0) is 15.1. The van der Waals surface area contributed by atoms with Gasteiger partial charge in [-0.1, -0.05) is 18.2 Å². The van der Waals surface area contributed by atoms with Gasteiger partial charge in [-0.15, -0.1) is 0 Å². The Bertz CT molecular complexity index is 616. The number of halogens is 1. The van der Waals surface area contributed by atoms with Crippen LogP contribution in [0, 0.1) is 5.82 Å². The van der Waals surface area contributed by atoms with Crippen LogP contribution in [0.15, 0.2) is 53.4 Å². The van der Waals surface area contributed by atoms with Gasteiger partial charge in [-0.05, 0) is 37.3 Å². The maximum Gasteiger partial charge on any atom is 0.161 e. The van der Waals surface area contributed by atoms with E-state index < -0.39 is 10.8 Å². The third-order valence-electron chi connectivity index (χ3n) is 2.73. The standard InChI is InChI=1S/C16H17FO3S/c1-2-19-15-8-3-4-9-16(15)20-10-11-21(18)14-7-5-6-13(17)12-14/h3-9,12H,2,10-11H2,1H3. The van der Waals surface area contributed by atoms with Crippen molar-refractivity contribution in [1.82, 2.24) is 0 Å². The zero-order valence-electron chi connectivity index (χ0n) is 11.8. The van der Waals surface area contributed by atoms with Crippen molar-refractivity contribution in [3.63, 3.8) is 0 Å². The number of ether oxygens (including phenoxy) is 2. The summed E-state index contributed by atoms with van der Waals surface area (Å²) in [6.45, 7) is 2.72. The Hall–Kier alpha value is -1.88. The molecule has 0 aliphatic rings. The fourth-order valence-corrected chi connectivity index (χ4v) is 2.74. The molecule has 0 aliphatic heterocycles. The Labute approximate surface area is 126 Å². The lowest BCUT2D eigenvalue weighted by atomic mass is 10.3. The average Bonchev–Trinajstić information content (AvgIpc) is 2.49. The molecule has 0 aromatic heterocycles. The van der Waals surface area contributed by atoms with Gasteiger partial charge in [0, 0.05) is 4.90 Å². The van der Waals surface area contributed by atoms with Crippen molar-refractivity contribution in [2.24, 2.45) is 0 Å². The van der Waals surface area contributed by atoms with Crippen LogP contribution in [0.3, 0.4) is 0 Å². The summed E-state index contributed by atoms with van der Waals surface area (Å²) in [5, 5.41) is 0. The molecule has 0 radical (unpaired) electrons. The minimum atomic E-state index is -1.28. The van der Waals surface area contributed by atoms with E-state index in [1.165, 1.54) is 12.1 Å². The highest BCUT2D eigenvalue weighted by Gasteiger charge is 2.07. The predicted molar refractivity (Wildman–Crippen MR) is 80.8 cm³/mol. The van der Waals surface area contributed by atoms with Crippen molar-refractivity contribution in [3.05, 3.63) is 54.3 Å². The van der Waals surface area contributed by atoms with E-state index in [1.807, 2.05) is 25.1 Å². The molecule has 2 aromatic rings. The molecule has 0 aliphatic carbocycles. The maximum absolute atomic E-state index is 13.1. The van der Waals surface area contributed by atoms with Crippen LogP contribution in [0.4, 0.5) is 4.39 Å². The molecule has 0 heterocycles. The topological polar surface area (TPSA) is 35.5 Å². The van der Waals surface area contributed by atoms with E-state index in [2.05, 4.69) is 0 Å². The van der Waals surface area contributed by atoms with Crippen molar-refractivity contribution in [1.29, 1.82) is 0 Å². The molecule has 2 aromatic carbocycles. The molecule has 1 atom stereocenters. The monoisotopic (exact) mass is 308 g/mol. The first kappa shape index (κ1) is 15.5. The number of para-hydroxylation sites is 2. The summed E-state index contributed by atoms with van der Waals surface area (Å²) >= 11 is 0. The van der Waals surface area contributed by atoms with E-state index in [1.54, 1.807) is 18.2 Å². The molecule has 0 bridgehead atoms. The van der Waals surface area contributed by atoms with Gasteiger partial charge >= 0.3 is 0 Å². The molecule has 0 amide bonds. The molecule has 112 valence electrons. The average molecular weight is 308 g/mol. The Morgan fingerprint density at radius 2 is 1.76 bits per heavy atom. The Morgan fingerprint density at radius 1 is 1.05 bits per heavy atom. The first-order valence-electron chi connectivity index (χ1n) is 6.69. The fourth-order valence-electron chi connectivity index (χ4n) is 1.80. The summed E-state index contributed by atoms with van der Waals surface area (Å²) < 4.78 is 36.1. The lowest BCUT2D eigenvalue weighted by Crippen LogP contribution is -2.09. The van der Waals surface area contributed by atoms with E-state index in [9.17, 15) is 8.60 Å². The van der Waals surface area contributed by atoms with Gasteiger partial charge < -0.3 is 9.47 Å². The minimum Gasteiger partial charge on any atom is -0.490 e. The minimum absolute atomic E-state index is 0.271. The molecular weight excluding hydrogens is 291 g/mol. The Kier molecular flexibility index (Phi) is 5.75. The third kappa shape index (κ3) is 4.56. The largest absolute Gasteiger partial charge is 0.490 e. The van der Waals surface area contributed by atoms with Gasteiger partial charge in [-0.3, -0.25) is 4.21 Å². The van der Waals surface area contributed by atoms with E-state index in [-0.39, 0.29) is 12.4 Å². The molecule has 0 N–H and O–H groups in total. The van der Waals surface area contributed by atoms with Gasteiger partial charge in [-0.2, -0.15) is 0 Å². The number of hydrogen-bond acceptors (Lipinski definition) is 3. The molecule has 0 saturated heterocycles. The van der Waals surface area contributed by atoms with E-state index in [0.717, 1.165) is 0 Å². The zero-order valence-corrected chi connectivity index (χ0v) is 12.6. The molecule has 1 unspecified atom stereocenters. The molecular formula is C16H17FO3S. The molecule has 2 rings (SSSR count). The van der Waals surface area contributed by atoms with Gasteiger partial charge in [0.1, 0.15) is 12.4 Å². The van der Waals surface area contributed by atoms with Crippen LogP contribution < -0.4 is 9.47 Å². The van der Waals surface area contributed by atoms with Crippen LogP contribution in [0.5, 0.6) is 11.5 Å². The van der Waals surface area contributed by atoms with E-state index in [4.69, 9.17) is 9.47 Å². The summed E-state index contributed by atoms with van der Waals surface area (Å²) in [6.07, 6.45) is 0. The highest BCUT2D eigenvalue weighted by Crippen LogP contribution is 2.26. The van der Waals surface area contributed by atoms with Crippen molar-refractivity contribution >= 4 is 10.8 Å². The summed E-state index contributed by atoms with van der Waals surface area (Å²) in [5.41, 5.74) is 0. The first-order valence-corrected chi connectivity index (χ1v) is 8.01. The van der Waals surface area contributed by atoms with Crippen molar-refractivity contribution in [3.8, 4) is 11.5 Å². The molecule has 0 saturated carbocycles. The van der Waals surface area contributed by atoms with Crippen LogP contribution in [-0.2, 0) is 10.8 Å². The molecule has 3 nitrogen and oxygen atoms in total. The molecule has 0 fully saturated rings. The number of benzene rings is 2. The van der Waals surface area contributed by atoms with Crippen molar-refractivity contribution in [2.75, 3.05) is 19.0 Å². The second-order valence-electron chi connectivity index (χ2n) is 4.24. The van der Waals surface area contributed by atoms with Gasteiger partial charge in [-0.25, -0.2) is 4.39 Å². The van der Waals surface area contributed by atoms with Crippen molar-refractivity contribution in [2.45, 2.75) is 11.8 Å². The lowest BCUT2D eigenvalue weighted by Gasteiger charge is -2.11. The number of rotatable bonds is 7. The van der Waals surface area contributed by atoms with E-state index >= 15 is 0 Å². The quantitative estimate of drug-likeness (QED) is 0.786. The van der Waals surface area contributed by atoms with Crippen LogP contribution in [0.25, 0.3) is 0 Å². The first-order chi connectivity index (χ1) is 10.2. The van der Waals surface area contributed by atoms with Gasteiger partial charge in [0.2, 0.25) is 0 Å². The molecule has 5 heteroatoms. The maximum atomic E-state index is 13.1. The smallest absolute Gasteiger partial charge is 0.161 e. The van der Waals surface area contributed by atoms with Crippen molar-refractivity contribution < 1.29 is 18.1 Å². The van der Waals surface area contributed by atoms with Gasteiger partial charge in [0.15, 0.2) is 11.5 Å². The Morgan fingerprint density at radius 3 is 2.43 bits per heavy atom. The van der Waals surface area contributed by atoms with Gasteiger partial charge in [0.25, 0.3) is 0 Å². The fraction of sp³-hybridized carbons (Fsp3) is 0.250. The predicted octanol–water partition coefficient (Wildman–Crippen LogP) is 3.41. The van der Waals surface area contributed by atoms with Crippen LogP contribution in [0.1, 0.15) is 6.92 Å². The normalized spacial score (nSPS) is 11.9. The van der Waals surface area contributed by atoms with Crippen LogP contribution in [0.2, 0.25) is 0 Å². The third-order valence-corrected chi connectivity index (χ3v) is 4.05. The van der Waals surface area contributed by atoms with Crippen LogP contribution >= 0.6 is 0 Å². The summed E-state index contributed by atoms with van der Waals surface area (Å²) in [7, 11) is -1.28. The highest BCUT2D eigenvalue weighted by molar-refractivity contribution is 7.85. The molecule has 21 heavy (non-hydrogen) atoms. The lowest BCUT2D eigenvalue weighted by molar-refractivity contribution is 0.289. The number of hydrogen-bond donors (Lipinski definition) is 0.